The summed E-state index contributed by atoms with van der Waals surface area (Å²) < 4.78 is 0. The molecule has 0 radical (unpaired) electrons. The number of fused-ring (bicyclic) bond motifs is 1. The Bertz CT molecular complexity index is 568. The highest BCUT2D eigenvalue weighted by atomic mass is 16.1. The predicted octanol–water partition coefficient (Wildman–Crippen LogP) is 1.29. The zero-order valence-electron chi connectivity index (χ0n) is 10.3. The van der Waals surface area contributed by atoms with Crippen molar-refractivity contribution in [2.75, 3.05) is 0 Å². The lowest BCUT2D eigenvalue weighted by Crippen LogP contribution is -2.10. The van der Waals surface area contributed by atoms with E-state index in [1.165, 1.54) is 13.8 Å². The van der Waals surface area contributed by atoms with Gasteiger partial charge >= 0.3 is 0 Å². The quantitative estimate of drug-likeness (QED) is 0.809. The summed E-state index contributed by atoms with van der Waals surface area (Å²) in [5.74, 6) is -0.0123. The zero-order chi connectivity index (χ0) is 13.1. The molecular weight excluding hydrogens is 230 g/mol. The van der Waals surface area contributed by atoms with E-state index < -0.39 is 0 Å². The molecule has 0 saturated carbocycles. The van der Waals surface area contributed by atoms with Crippen molar-refractivity contribution in [3.63, 3.8) is 0 Å². The lowest BCUT2D eigenvalue weighted by molar-refractivity contribution is -0.117. The van der Waals surface area contributed by atoms with Crippen LogP contribution in [0.2, 0.25) is 0 Å². The van der Waals surface area contributed by atoms with Crippen LogP contribution in [0.5, 0.6) is 0 Å². The Hall–Kier alpha value is -2.17. The molecule has 0 bridgehead atoms. The lowest BCUT2D eigenvalue weighted by atomic mass is 10.1. The van der Waals surface area contributed by atoms with Gasteiger partial charge in [-0.3, -0.25) is 9.59 Å². The number of hydrogen-bond donors (Lipinski definition) is 0. The molecule has 0 aromatic carbocycles. The summed E-state index contributed by atoms with van der Waals surface area (Å²) in [6, 6.07) is 3.55. The van der Waals surface area contributed by atoms with E-state index in [9.17, 15) is 9.59 Å². The maximum Gasteiger partial charge on any atom is 0.178 e. The van der Waals surface area contributed by atoms with E-state index in [1.54, 1.807) is 18.3 Å². The summed E-state index contributed by atoms with van der Waals surface area (Å²) in [7, 11) is 0. The number of hydrogen-bond acceptors (Lipinski definition) is 5. The van der Waals surface area contributed by atoms with Crippen molar-refractivity contribution in [2.24, 2.45) is 0 Å². The van der Waals surface area contributed by atoms with Crippen LogP contribution >= 0.6 is 0 Å². The highest BCUT2D eigenvalue weighted by Crippen LogP contribution is 2.12. The molecule has 18 heavy (non-hydrogen) atoms. The van der Waals surface area contributed by atoms with Gasteiger partial charge in [-0.2, -0.15) is 0 Å². The van der Waals surface area contributed by atoms with Crippen LogP contribution < -0.4 is 0 Å². The fourth-order valence-corrected chi connectivity index (χ4v) is 1.72. The molecule has 5 heteroatoms. The van der Waals surface area contributed by atoms with Gasteiger partial charge in [0.15, 0.2) is 5.65 Å². The third-order valence-electron chi connectivity index (χ3n) is 2.43. The van der Waals surface area contributed by atoms with Crippen LogP contribution in [0, 0.1) is 0 Å². The second-order valence-electron chi connectivity index (χ2n) is 4.22. The first-order valence-electron chi connectivity index (χ1n) is 5.65. The van der Waals surface area contributed by atoms with E-state index in [1.807, 2.05) is 0 Å². The minimum Gasteiger partial charge on any atom is -0.300 e. The van der Waals surface area contributed by atoms with Crippen molar-refractivity contribution in [2.45, 2.75) is 26.7 Å². The number of carbonyl (C=O) groups is 2. The Labute approximate surface area is 104 Å². The van der Waals surface area contributed by atoms with Gasteiger partial charge in [-0.05, 0) is 26.0 Å². The lowest BCUT2D eigenvalue weighted by Gasteiger charge is -2.06. The second kappa shape index (κ2) is 5.00. The Balaban J connectivity index is 2.55. The summed E-state index contributed by atoms with van der Waals surface area (Å²) in [5, 5.41) is 0. The minimum atomic E-state index is -0.00983. The average Bonchev–Trinajstić information content (AvgIpc) is 2.28. The van der Waals surface area contributed by atoms with E-state index in [2.05, 4.69) is 15.0 Å². The van der Waals surface area contributed by atoms with Gasteiger partial charge < -0.3 is 0 Å². The maximum absolute atomic E-state index is 11.2. The standard InChI is InChI=1S/C13H13N3O2/c1-8(17)6-11-12(7-9(2)18)16-13-10(15-11)4-3-5-14-13/h3-5H,6-7H2,1-2H3. The molecule has 0 spiro atoms. The number of carbonyl (C=O) groups excluding carboxylic acids is 2. The molecular formula is C13H13N3O2. The van der Waals surface area contributed by atoms with E-state index in [4.69, 9.17) is 0 Å². The zero-order valence-corrected chi connectivity index (χ0v) is 10.3. The van der Waals surface area contributed by atoms with E-state index in [0.29, 0.717) is 22.6 Å². The monoisotopic (exact) mass is 243 g/mol. The van der Waals surface area contributed by atoms with Gasteiger partial charge in [0.2, 0.25) is 0 Å². The Morgan fingerprint density at radius 2 is 1.67 bits per heavy atom. The third kappa shape index (κ3) is 2.74. The molecule has 0 unspecified atom stereocenters. The van der Waals surface area contributed by atoms with Crippen molar-refractivity contribution in [1.82, 2.24) is 15.0 Å². The molecule has 5 nitrogen and oxygen atoms in total. The van der Waals surface area contributed by atoms with E-state index in [-0.39, 0.29) is 24.4 Å². The van der Waals surface area contributed by atoms with Gasteiger partial charge in [0.1, 0.15) is 17.1 Å². The molecule has 2 heterocycles. The summed E-state index contributed by atoms with van der Waals surface area (Å²) in [5.41, 5.74) is 2.25. The molecule has 0 saturated heterocycles. The fraction of sp³-hybridized carbons (Fsp3) is 0.308. The van der Waals surface area contributed by atoms with Gasteiger partial charge in [0.05, 0.1) is 24.2 Å². The van der Waals surface area contributed by atoms with E-state index in [0.717, 1.165) is 0 Å². The van der Waals surface area contributed by atoms with Crippen molar-refractivity contribution in [3.8, 4) is 0 Å². The molecule has 0 aliphatic rings. The first-order chi connectivity index (χ1) is 8.56. The Morgan fingerprint density at radius 1 is 1.06 bits per heavy atom. The number of ketones is 2. The molecule has 0 aliphatic carbocycles. The normalized spacial score (nSPS) is 10.6. The highest BCUT2D eigenvalue weighted by Gasteiger charge is 2.12. The van der Waals surface area contributed by atoms with Gasteiger partial charge in [-0.15, -0.1) is 0 Å². The Morgan fingerprint density at radius 3 is 2.28 bits per heavy atom. The highest BCUT2D eigenvalue weighted by molar-refractivity contribution is 5.82. The predicted molar refractivity (Wildman–Crippen MR) is 66.1 cm³/mol. The number of Topliss-reactive ketones (excluding diaryl/α,β-unsaturated/α-hetero) is 2. The summed E-state index contributed by atoms with van der Waals surface area (Å²) >= 11 is 0. The van der Waals surface area contributed by atoms with Gasteiger partial charge in [0, 0.05) is 6.20 Å². The van der Waals surface area contributed by atoms with Crippen LogP contribution in [-0.4, -0.2) is 26.5 Å². The molecule has 0 atom stereocenters. The SMILES string of the molecule is CC(=O)Cc1nc2cccnc2nc1CC(C)=O. The van der Waals surface area contributed by atoms with Crippen molar-refractivity contribution in [3.05, 3.63) is 29.7 Å². The van der Waals surface area contributed by atoms with Crippen molar-refractivity contribution >= 4 is 22.7 Å². The molecule has 0 fully saturated rings. The third-order valence-corrected chi connectivity index (χ3v) is 2.43. The Kier molecular flexibility index (Phi) is 3.41. The largest absolute Gasteiger partial charge is 0.300 e. The van der Waals surface area contributed by atoms with Crippen LogP contribution in [-0.2, 0) is 22.4 Å². The van der Waals surface area contributed by atoms with Gasteiger partial charge in [-0.25, -0.2) is 15.0 Å². The van der Waals surface area contributed by atoms with Crippen LogP contribution in [0.3, 0.4) is 0 Å². The molecule has 0 N–H and O–H groups in total. The van der Waals surface area contributed by atoms with Crippen molar-refractivity contribution < 1.29 is 9.59 Å². The summed E-state index contributed by atoms with van der Waals surface area (Å²) in [4.78, 5) is 35.2. The molecule has 92 valence electrons. The molecule has 0 amide bonds. The van der Waals surface area contributed by atoms with Crippen LogP contribution in [0.1, 0.15) is 25.2 Å². The number of pyridine rings is 1. The number of rotatable bonds is 4. The minimum absolute atomic E-state index is 0.00246. The topological polar surface area (TPSA) is 72.8 Å². The van der Waals surface area contributed by atoms with E-state index >= 15 is 0 Å². The van der Waals surface area contributed by atoms with Crippen LogP contribution in [0.15, 0.2) is 18.3 Å². The molecule has 0 aliphatic heterocycles. The van der Waals surface area contributed by atoms with Gasteiger partial charge in [-0.1, -0.05) is 0 Å². The van der Waals surface area contributed by atoms with Crippen molar-refractivity contribution in [1.29, 1.82) is 0 Å². The van der Waals surface area contributed by atoms with Crippen LogP contribution in [0.25, 0.3) is 11.2 Å². The number of nitrogens with zero attached hydrogens (tertiary/aromatic N) is 3. The molecule has 2 aromatic heterocycles. The average molecular weight is 243 g/mol. The first-order valence-corrected chi connectivity index (χ1v) is 5.65. The smallest absolute Gasteiger partial charge is 0.178 e. The fourth-order valence-electron chi connectivity index (χ4n) is 1.72. The van der Waals surface area contributed by atoms with Gasteiger partial charge in [0.25, 0.3) is 0 Å². The van der Waals surface area contributed by atoms with Crippen LogP contribution in [0.4, 0.5) is 0 Å². The summed E-state index contributed by atoms with van der Waals surface area (Å²) in [6.45, 7) is 2.98. The number of aromatic nitrogens is 3. The molecule has 2 rings (SSSR count). The molecule has 2 aromatic rings. The maximum atomic E-state index is 11.2. The first kappa shape index (κ1) is 12.3. The summed E-state index contributed by atoms with van der Waals surface area (Å²) in [6.07, 6.45) is 2.00. The second-order valence-corrected chi connectivity index (χ2v) is 4.22.